The molecule has 0 unspecified atom stereocenters. The third-order valence-electron chi connectivity index (χ3n) is 1.87. The number of halogens is 2. The van der Waals surface area contributed by atoms with Crippen molar-refractivity contribution in [3.8, 4) is 11.5 Å². The van der Waals surface area contributed by atoms with Crippen LogP contribution in [-0.2, 0) is 0 Å². The Kier molecular flexibility index (Phi) is 3.05. The zero-order valence-electron chi connectivity index (χ0n) is 8.15. The monoisotopic (exact) mass is 282 g/mol. The molecule has 0 atom stereocenters. The van der Waals surface area contributed by atoms with Crippen LogP contribution in [0.25, 0.3) is 0 Å². The molecular formula is C11H8BrFN2O. The molecule has 5 heteroatoms. The average Bonchev–Trinajstić information content (AvgIpc) is 2.20. The number of rotatable bonds is 2. The van der Waals surface area contributed by atoms with Crippen molar-refractivity contribution in [2.45, 2.75) is 0 Å². The molecule has 0 bridgehead atoms. The highest BCUT2D eigenvalue weighted by Gasteiger charge is 2.04. The summed E-state index contributed by atoms with van der Waals surface area (Å²) >= 11 is 3.18. The number of nitrogens with zero attached hydrogens (tertiary/aromatic N) is 1. The molecule has 0 spiro atoms. The highest BCUT2D eigenvalue weighted by molar-refractivity contribution is 9.10. The maximum atomic E-state index is 13.1. The van der Waals surface area contributed by atoms with E-state index in [2.05, 4.69) is 20.9 Å². The van der Waals surface area contributed by atoms with E-state index in [-0.39, 0.29) is 5.82 Å². The molecule has 0 radical (unpaired) electrons. The van der Waals surface area contributed by atoms with E-state index in [0.717, 1.165) is 0 Å². The standard InChI is InChI=1S/C11H8BrFN2O/c12-7-3-8(13)5-9(4-7)16-11-1-2-15-6-10(11)14/h1-6H,14H2. The molecule has 2 N–H and O–H groups in total. The van der Waals surface area contributed by atoms with Crippen molar-refractivity contribution in [1.82, 2.24) is 4.98 Å². The van der Waals surface area contributed by atoms with E-state index >= 15 is 0 Å². The lowest BCUT2D eigenvalue weighted by atomic mass is 10.3. The average molecular weight is 283 g/mol. The summed E-state index contributed by atoms with van der Waals surface area (Å²) in [6.07, 6.45) is 3.03. The lowest BCUT2D eigenvalue weighted by Gasteiger charge is -2.08. The number of hydrogen-bond acceptors (Lipinski definition) is 3. The molecule has 0 aliphatic carbocycles. The van der Waals surface area contributed by atoms with Crippen LogP contribution >= 0.6 is 15.9 Å². The van der Waals surface area contributed by atoms with Gasteiger partial charge in [0, 0.05) is 22.8 Å². The first kappa shape index (κ1) is 10.9. The minimum atomic E-state index is -0.378. The van der Waals surface area contributed by atoms with Crippen molar-refractivity contribution in [1.29, 1.82) is 0 Å². The summed E-state index contributed by atoms with van der Waals surface area (Å²) in [5.41, 5.74) is 6.06. The van der Waals surface area contributed by atoms with Crippen LogP contribution in [0.15, 0.2) is 41.1 Å². The fraction of sp³-hybridized carbons (Fsp3) is 0. The molecule has 0 fully saturated rings. The largest absolute Gasteiger partial charge is 0.455 e. The van der Waals surface area contributed by atoms with E-state index in [1.54, 1.807) is 18.3 Å². The molecule has 1 aromatic heterocycles. The summed E-state index contributed by atoms with van der Waals surface area (Å²) in [6.45, 7) is 0. The van der Waals surface area contributed by atoms with Crippen molar-refractivity contribution in [2.75, 3.05) is 5.73 Å². The molecule has 0 aliphatic rings. The van der Waals surface area contributed by atoms with Gasteiger partial charge >= 0.3 is 0 Å². The SMILES string of the molecule is Nc1cnccc1Oc1cc(F)cc(Br)c1. The lowest BCUT2D eigenvalue weighted by Crippen LogP contribution is -1.93. The number of pyridine rings is 1. The van der Waals surface area contributed by atoms with Crippen LogP contribution in [0.4, 0.5) is 10.1 Å². The van der Waals surface area contributed by atoms with Gasteiger partial charge in [-0.05, 0) is 12.1 Å². The van der Waals surface area contributed by atoms with Gasteiger partial charge < -0.3 is 10.5 Å². The number of aromatic nitrogens is 1. The molecule has 2 rings (SSSR count). The minimum absolute atomic E-state index is 0.378. The molecule has 0 aliphatic heterocycles. The van der Waals surface area contributed by atoms with Crippen molar-refractivity contribution in [3.05, 3.63) is 46.9 Å². The Balaban J connectivity index is 2.30. The second-order valence-corrected chi connectivity index (χ2v) is 4.04. The Morgan fingerprint density at radius 2 is 2.12 bits per heavy atom. The number of benzene rings is 1. The number of anilines is 1. The van der Waals surface area contributed by atoms with Gasteiger partial charge in [-0.1, -0.05) is 15.9 Å². The maximum Gasteiger partial charge on any atom is 0.153 e. The molecule has 0 saturated heterocycles. The third kappa shape index (κ3) is 2.49. The van der Waals surface area contributed by atoms with Crippen LogP contribution in [0.2, 0.25) is 0 Å². The third-order valence-corrected chi connectivity index (χ3v) is 2.33. The lowest BCUT2D eigenvalue weighted by molar-refractivity contribution is 0.478. The summed E-state index contributed by atoms with van der Waals surface area (Å²) in [5.74, 6) is 0.453. The van der Waals surface area contributed by atoms with Crippen molar-refractivity contribution in [3.63, 3.8) is 0 Å². The molecule has 0 amide bonds. The summed E-state index contributed by atoms with van der Waals surface area (Å²) in [7, 11) is 0. The van der Waals surface area contributed by atoms with E-state index in [4.69, 9.17) is 10.5 Å². The van der Waals surface area contributed by atoms with E-state index in [1.165, 1.54) is 18.3 Å². The normalized spacial score (nSPS) is 10.1. The quantitative estimate of drug-likeness (QED) is 0.919. The summed E-state index contributed by atoms with van der Waals surface area (Å²) in [5, 5.41) is 0. The Hall–Kier alpha value is -1.62. The van der Waals surface area contributed by atoms with Crippen molar-refractivity contribution < 1.29 is 9.13 Å². The molecule has 16 heavy (non-hydrogen) atoms. The van der Waals surface area contributed by atoms with Gasteiger partial charge in [-0.3, -0.25) is 4.98 Å². The Morgan fingerprint density at radius 1 is 1.31 bits per heavy atom. The minimum Gasteiger partial charge on any atom is -0.455 e. The van der Waals surface area contributed by atoms with Gasteiger partial charge in [-0.15, -0.1) is 0 Å². The zero-order valence-corrected chi connectivity index (χ0v) is 9.74. The molecule has 1 aromatic carbocycles. The fourth-order valence-electron chi connectivity index (χ4n) is 1.20. The number of hydrogen-bond donors (Lipinski definition) is 1. The smallest absolute Gasteiger partial charge is 0.153 e. The molecule has 1 heterocycles. The second kappa shape index (κ2) is 4.49. The number of nitrogens with two attached hydrogens (primary N) is 1. The first-order valence-corrected chi connectivity index (χ1v) is 5.28. The van der Waals surface area contributed by atoms with Crippen LogP contribution < -0.4 is 10.5 Å². The van der Waals surface area contributed by atoms with E-state index < -0.39 is 0 Å². The predicted molar refractivity (Wildman–Crippen MR) is 62.8 cm³/mol. The van der Waals surface area contributed by atoms with Crippen LogP contribution in [0.1, 0.15) is 0 Å². The van der Waals surface area contributed by atoms with Gasteiger partial charge in [0.2, 0.25) is 0 Å². The Morgan fingerprint density at radius 3 is 2.81 bits per heavy atom. The van der Waals surface area contributed by atoms with Crippen LogP contribution in [0.3, 0.4) is 0 Å². The highest BCUT2D eigenvalue weighted by Crippen LogP contribution is 2.28. The van der Waals surface area contributed by atoms with E-state index in [0.29, 0.717) is 21.7 Å². The highest BCUT2D eigenvalue weighted by atomic mass is 79.9. The Bertz CT molecular complexity index is 499. The van der Waals surface area contributed by atoms with Crippen molar-refractivity contribution >= 4 is 21.6 Å². The van der Waals surface area contributed by atoms with Gasteiger partial charge in [0.1, 0.15) is 11.6 Å². The number of ether oxygens (including phenoxy) is 1. The zero-order chi connectivity index (χ0) is 11.5. The molecule has 82 valence electrons. The summed E-state index contributed by atoms with van der Waals surface area (Å²) in [6, 6.07) is 5.91. The maximum absolute atomic E-state index is 13.1. The predicted octanol–water partition coefficient (Wildman–Crippen LogP) is 3.36. The fourth-order valence-corrected chi connectivity index (χ4v) is 1.65. The summed E-state index contributed by atoms with van der Waals surface area (Å²) < 4.78 is 19.1. The first-order valence-electron chi connectivity index (χ1n) is 4.48. The van der Waals surface area contributed by atoms with Gasteiger partial charge in [0.05, 0.1) is 11.9 Å². The molecule has 2 aromatic rings. The second-order valence-electron chi connectivity index (χ2n) is 3.12. The molecule has 3 nitrogen and oxygen atoms in total. The van der Waals surface area contributed by atoms with Crippen LogP contribution in [0, 0.1) is 5.82 Å². The van der Waals surface area contributed by atoms with Gasteiger partial charge in [-0.25, -0.2) is 4.39 Å². The van der Waals surface area contributed by atoms with Gasteiger partial charge in [0.15, 0.2) is 5.75 Å². The number of nitrogen functional groups attached to an aromatic ring is 1. The van der Waals surface area contributed by atoms with E-state index in [9.17, 15) is 4.39 Å². The van der Waals surface area contributed by atoms with Gasteiger partial charge in [-0.2, -0.15) is 0 Å². The van der Waals surface area contributed by atoms with E-state index in [1.807, 2.05) is 0 Å². The molecular weight excluding hydrogens is 275 g/mol. The molecule has 0 saturated carbocycles. The first-order chi connectivity index (χ1) is 7.65. The summed E-state index contributed by atoms with van der Waals surface area (Å²) in [4.78, 5) is 3.83. The van der Waals surface area contributed by atoms with Crippen LogP contribution in [-0.4, -0.2) is 4.98 Å². The van der Waals surface area contributed by atoms with Crippen LogP contribution in [0.5, 0.6) is 11.5 Å². The topological polar surface area (TPSA) is 48.1 Å². The van der Waals surface area contributed by atoms with Crippen molar-refractivity contribution in [2.24, 2.45) is 0 Å². The van der Waals surface area contributed by atoms with Gasteiger partial charge in [0.25, 0.3) is 0 Å². The Labute approximate surface area is 100 Å².